The molecule has 0 saturated heterocycles. The van der Waals surface area contributed by atoms with Crippen molar-refractivity contribution in [3.8, 4) is 11.5 Å². The molecule has 0 radical (unpaired) electrons. The molecule has 2 nitrogen and oxygen atoms in total. The number of benzene rings is 2. The molecular formula is C17H19Cl2NO. The molecule has 0 heterocycles. The fourth-order valence-corrected chi connectivity index (χ4v) is 2.26. The molecule has 4 heteroatoms. The lowest BCUT2D eigenvalue weighted by Crippen LogP contribution is -2.19. The summed E-state index contributed by atoms with van der Waals surface area (Å²) in [5, 5.41) is 4.71. The number of halogens is 2. The van der Waals surface area contributed by atoms with Crippen LogP contribution in [0.15, 0.2) is 42.5 Å². The van der Waals surface area contributed by atoms with Gasteiger partial charge in [0.05, 0.1) is 0 Å². The second-order valence-electron chi connectivity index (χ2n) is 5.34. The van der Waals surface area contributed by atoms with Crippen molar-refractivity contribution in [2.45, 2.75) is 20.4 Å². The van der Waals surface area contributed by atoms with Crippen LogP contribution in [-0.4, -0.2) is 6.54 Å². The van der Waals surface area contributed by atoms with Gasteiger partial charge in [0.1, 0.15) is 11.5 Å². The summed E-state index contributed by atoms with van der Waals surface area (Å²) < 4.78 is 5.92. The van der Waals surface area contributed by atoms with Gasteiger partial charge in [0.15, 0.2) is 0 Å². The van der Waals surface area contributed by atoms with Crippen LogP contribution in [0, 0.1) is 5.92 Å². The highest BCUT2D eigenvalue weighted by Crippen LogP contribution is 2.29. The summed E-state index contributed by atoms with van der Waals surface area (Å²) in [4.78, 5) is 0. The Morgan fingerprint density at radius 2 is 1.81 bits per heavy atom. The third-order valence-corrected chi connectivity index (χ3v) is 3.39. The topological polar surface area (TPSA) is 21.3 Å². The van der Waals surface area contributed by atoms with E-state index in [1.807, 2.05) is 36.4 Å². The molecule has 0 bridgehead atoms. The van der Waals surface area contributed by atoms with Crippen molar-refractivity contribution < 1.29 is 4.74 Å². The van der Waals surface area contributed by atoms with Crippen LogP contribution < -0.4 is 10.1 Å². The number of nitrogens with one attached hydrogen (secondary N) is 1. The van der Waals surface area contributed by atoms with E-state index in [1.165, 1.54) is 0 Å². The normalized spacial score (nSPS) is 10.9. The predicted molar refractivity (Wildman–Crippen MR) is 89.5 cm³/mol. The van der Waals surface area contributed by atoms with Crippen molar-refractivity contribution in [3.05, 3.63) is 58.1 Å². The number of rotatable bonds is 6. The molecule has 2 aromatic carbocycles. The molecule has 0 aliphatic carbocycles. The van der Waals surface area contributed by atoms with Crippen LogP contribution >= 0.6 is 23.2 Å². The van der Waals surface area contributed by atoms with Crippen LogP contribution in [0.4, 0.5) is 0 Å². The second-order valence-corrected chi connectivity index (χ2v) is 6.21. The maximum Gasteiger partial charge on any atom is 0.133 e. The van der Waals surface area contributed by atoms with Gasteiger partial charge in [-0.3, -0.25) is 0 Å². The average Bonchev–Trinajstić information content (AvgIpc) is 2.41. The smallest absolute Gasteiger partial charge is 0.133 e. The molecule has 1 N–H and O–H groups in total. The number of hydrogen-bond donors (Lipinski definition) is 1. The molecule has 0 aromatic heterocycles. The average molecular weight is 324 g/mol. The molecule has 112 valence electrons. The van der Waals surface area contributed by atoms with E-state index in [1.54, 1.807) is 6.07 Å². The molecule has 0 unspecified atom stereocenters. The van der Waals surface area contributed by atoms with Crippen LogP contribution in [-0.2, 0) is 6.54 Å². The Kier molecular flexibility index (Phi) is 5.92. The van der Waals surface area contributed by atoms with Gasteiger partial charge in [0.2, 0.25) is 0 Å². The summed E-state index contributed by atoms with van der Waals surface area (Å²) in [6, 6.07) is 13.0. The van der Waals surface area contributed by atoms with E-state index >= 15 is 0 Å². The fraction of sp³-hybridized carbons (Fsp3) is 0.294. The Morgan fingerprint density at radius 3 is 2.52 bits per heavy atom. The minimum absolute atomic E-state index is 0.606. The van der Waals surface area contributed by atoms with E-state index in [4.69, 9.17) is 27.9 Å². The first-order chi connectivity index (χ1) is 10.0. The number of hydrogen-bond acceptors (Lipinski definition) is 2. The molecule has 0 spiro atoms. The first-order valence-electron chi connectivity index (χ1n) is 6.97. The molecule has 0 aliphatic heterocycles. The first-order valence-corrected chi connectivity index (χ1v) is 7.73. The second kappa shape index (κ2) is 7.69. The van der Waals surface area contributed by atoms with Gasteiger partial charge in [-0.1, -0.05) is 49.2 Å². The zero-order chi connectivity index (χ0) is 15.2. The Labute approximate surface area is 136 Å². The third-order valence-electron chi connectivity index (χ3n) is 2.92. The molecule has 0 amide bonds. The van der Waals surface area contributed by atoms with E-state index in [9.17, 15) is 0 Å². The van der Waals surface area contributed by atoms with E-state index in [0.717, 1.165) is 24.4 Å². The van der Waals surface area contributed by atoms with Crippen LogP contribution in [0.3, 0.4) is 0 Å². The zero-order valence-corrected chi connectivity index (χ0v) is 13.7. The molecule has 21 heavy (non-hydrogen) atoms. The molecular weight excluding hydrogens is 305 g/mol. The quantitative estimate of drug-likeness (QED) is 0.754. The van der Waals surface area contributed by atoms with Gasteiger partial charge in [0, 0.05) is 22.2 Å². The van der Waals surface area contributed by atoms with E-state index < -0.39 is 0 Å². The Balaban J connectivity index is 2.15. The molecule has 0 saturated carbocycles. The first kappa shape index (κ1) is 16.2. The van der Waals surface area contributed by atoms with Crippen LogP contribution in [0.1, 0.15) is 19.4 Å². The molecule has 0 aliphatic rings. The Hall–Kier alpha value is -1.22. The highest BCUT2D eigenvalue weighted by Gasteiger charge is 2.07. The summed E-state index contributed by atoms with van der Waals surface area (Å²) in [6.45, 7) is 6.06. The lowest BCUT2D eigenvalue weighted by molar-refractivity contribution is 0.469. The largest absolute Gasteiger partial charge is 0.457 e. The highest BCUT2D eigenvalue weighted by atomic mass is 35.5. The van der Waals surface area contributed by atoms with Crippen molar-refractivity contribution in [2.24, 2.45) is 5.92 Å². The van der Waals surface area contributed by atoms with E-state index in [2.05, 4.69) is 19.2 Å². The van der Waals surface area contributed by atoms with Crippen molar-refractivity contribution in [1.29, 1.82) is 0 Å². The van der Waals surface area contributed by atoms with Gasteiger partial charge in [-0.05, 0) is 42.8 Å². The monoisotopic (exact) mass is 323 g/mol. The number of ether oxygens (including phenoxy) is 1. The minimum atomic E-state index is 0.606. The van der Waals surface area contributed by atoms with Crippen LogP contribution in [0.2, 0.25) is 10.0 Å². The maximum atomic E-state index is 6.07. The maximum absolute atomic E-state index is 6.07. The highest BCUT2D eigenvalue weighted by molar-refractivity contribution is 6.31. The van der Waals surface area contributed by atoms with Gasteiger partial charge in [-0.2, -0.15) is 0 Å². The minimum Gasteiger partial charge on any atom is -0.457 e. The van der Waals surface area contributed by atoms with Crippen molar-refractivity contribution in [2.75, 3.05) is 6.54 Å². The van der Waals surface area contributed by atoms with Crippen molar-refractivity contribution in [3.63, 3.8) is 0 Å². The summed E-state index contributed by atoms with van der Waals surface area (Å²) in [6.07, 6.45) is 0. The van der Waals surface area contributed by atoms with E-state index in [0.29, 0.717) is 21.7 Å². The molecule has 2 aromatic rings. The summed E-state index contributed by atoms with van der Waals surface area (Å²) in [5.41, 5.74) is 1.07. The van der Waals surface area contributed by atoms with Gasteiger partial charge >= 0.3 is 0 Å². The van der Waals surface area contributed by atoms with Gasteiger partial charge in [-0.25, -0.2) is 0 Å². The SMILES string of the molecule is CC(C)CNCc1ccc(Cl)cc1Oc1cccc(Cl)c1. The lowest BCUT2D eigenvalue weighted by atomic mass is 10.1. The van der Waals surface area contributed by atoms with Gasteiger partial charge in [0.25, 0.3) is 0 Å². The van der Waals surface area contributed by atoms with Crippen LogP contribution in [0.25, 0.3) is 0 Å². The van der Waals surface area contributed by atoms with Gasteiger partial charge in [-0.15, -0.1) is 0 Å². The van der Waals surface area contributed by atoms with E-state index in [-0.39, 0.29) is 0 Å². The summed E-state index contributed by atoms with van der Waals surface area (Å²) in [7, 11) is 0. The lowest BCUT2D eigenvalue weighted by Gasteiger charge is -2.13. The summed E-state index contributed by atoms with van der Waals surface area (Å²) >= 11 is 12.1. The zero-order valence-electron chi connectivity index (χ0n) is 12.2. The summed E-state index contributed by atoms with van der Waals surface area (Å²) in [5.74, 6) is 2.06. The standard InChI is InChI=1S/C17H19Cl2NO/c1-12(2)10-20-11-13-6-7-15(19)9-17(13)21-16-5-3-4-14(18)8-16/h3-9,12,20H,10-11H2,1-2H3. The van der Waals surface area contributed by atoms with Crippen molar-refractivity contribution in [1.82, 2.24) is 5.32 Å². The molecule has 0 fully saturated rings. The fourth-order valence-electron chi connectivity index (χ4n) is 1.92. The Bertz CT molecular complexity index is 599. The molecule has 0 atom stereocenters. The third kappa shape index (κ3) is 5.24. The van der Waals surface area contributed by atoms with Gasteiger partial charge < -0.3 is 10.1 Å². The molecule has 2 rings (SSSR count). The van der Waals surface area contributed by atoms with Crippen molar-refractivity contribution >= 4 is 23.2 Å². The van der Waals surface area contributed by atoms with Crippen LogP contribution in [0.5, 0.6) is 11.5 Å². The Morgan fingerprint density at radius 1 is 1.05 bits per heavy atom. The predicted octanol–water partition coefficient (Wildman–Crippen LogP) is 5.53.